The summed E-state index contributed by atoms with van der Waals surface area (Å²) in [5, 5.41) is 7.51. The maximum absolute atomic E-state index is 3.80. The molecule has 1 saturated heterocycles. The monoisotopic (exact) mass is 310 g/mol. The molecule has 0 saturated carbocycles. The fraction of sp³-hybridized carbons (Fsp3) is 0.524. The Hall–Kier alpha value is -1.70. The van der Waals surface area contributed by atoms with E-state index in [4.69, 9.17) is 0 Å². The van der Waals surface area contributed by atoms with E-state index in [1.54, 1.807) is 0 Å². The first-order chi connectivity index (χ1) is 11.1. The molecule has 0 radical (unpaired) electrons. The van der Waals surface area contributed by atoms with Crippen molar-refractivity contribution in [2.24, 2.45) is 17.3 Å². The van der Waals surface area contributed by atoms with E-state index < -0.39 is 0 Å². The molecule has 3 rings (SSSR count). The number of anilines is 1. The third kappa shape index (κ3) is 3.17. The van der Waals surface area contributed by atoms with Crippen molar-refractivity contribution < 1.29 is 0 Å². The summed E-state index contributed by atoms with van der Waals surface area (Å²) >= 11 is 0. The van der Waals surface area contributed by atoms with Gasteiger partial charge >= 0.3 is 0 Å². The molecule has 23 heavy (non-hydrogen) atoms. The van der Waals surface area contributed by atoms with Crippen LogP contribution in [0.2, 0.25) is 0 Å². The molecule has 1 fully saturated rings. The molecule has 2 nitrogen and oxygen atoms in total. The second kappa shape index (κ2) is 6.82. The molecule has 2 aliphatic rings. The van der Waals surface area contributed by atoms with Gasteiger partial charge in [-0.2, -0.15) is 0 Å². The molecular weight excluding hydrogens is 280 g/mol. The van der Waals surface area contributed by atoms with Crippen molar-refractivity contribution in [1.82, 2.24) is 5.32 Å². The van der Waals surface area contributed by atoms with Gasteiger partial charge in [0, 0.05) is 23.2 Å². The van der Waals surface area contributed by atoms with E-state index in [2.05, 4.69) is 80.0 Å². The van der Waals surface area contributed by atoms with Crippen molar-refractivity contribution >= 4 is 5.69 Å². The molecule has 1 heterocycles. The molecule has 0 amide bonds. The zero-order valence-corrected chi connectivity index (χ0v) is 14.7. The quantitative estimate of drug-likeness (QED) is 0.735. The van der Waals surface area contributed by atoms with Crippen LogP contribution in [0.1, 0.15) is 46.5 Å². The fourth-order valence-electron chi connectivity index (χ4n) is 4.18. The SMILES string of the molecule is CCC=CC1(C)C2CCCC=C2NC(Nc2ccccc2)C1C. The van der Waals surface area contributed by atoms with Gasteiger partial charge in [0.2, 0.25) is 0 Å². The molecule has 124 valence electrons. The van der Waals surface area contributed by atoms with E-state index in [0.717, 1.165) is 6.42 Å². The molecule has 2 N–H and O–H groups in total. The highest BCUT2D eigenvalue weighted by atomic mass is 15.2. The van der Waals surface area contributed by atoms with Gasteiger partial charge in [0.05, 0.1) is 6.17 Å². The van der Waals surface area contributed by atoms with Crippen LogP contribution >= 0.6 is 0 Å². The Morgan fingerprint density at radius 2 is 2.09 bits per heavy atom. The van der Waals surface area contributed by atoms with Crippen molar-refractivity contribution in [3.05, 3.63) is 54.3 Å². The maximum Gasteiger partial charge on any atom is 0.0996 e. The Morgan fingerprint density at radius 1 is 1.30 bits per heavy atom. The van der Waals surface area contributed by atoms with Gasteiger partial charge in [-0.25, -0.2) is 0 Å². The molecule has 2 heteroatoms. The van der Waals surface area contributed by atoms with Gasteiger partial charge in [-0.05, 0) is 43.2 Å². The maximum atomic E-state index is 3.80. The number of hydrogen-bond acceptors (Lipinski definition) is 2. The lowest BCUT2D eigenvalue weighted by atomic mass is 9.61. The molecule has 1 aromatic carbocycles. The Bertz CT molecular complexity index is 575. The largest absolute Gasteiger partial charge is 0.368 e. The summed E-state index contributed by atoms with van der Waals surface area (Å²) in [6, 6.07) is 10.5. The van der Waals surface area contributed by atoms with Crippen LogP contribution in [-0.4, -0.2) is 6.17 Å². The fourth-order valence-corrected chi connectivity index (χ4v) is 4.18. The van der Waals surface area contributed by atoms with Gasteiger partial charge in [0.25, 0.3) is 0 Å². The number of rotatable bonds is 4. The Labute approximate surface area is 141 Å². The third-order valence-corrected chi connectivity index (χ3v) is 5.80. The van der Waals surface area contributed by atoms with E-state index in [-0.39, 0.29) is 11.6 Å². The molecule has 0 aromatic heterocycles. The van der Waals surface area contributed by atoms with Crippen molar-refractivity contribution in [1.29, 1.82) is 0 Å². The first-order valence-electron chi connectivity index (χ1n) is 9.11. The summed E-state index contributed by atoms with van der Waals surface area (Å²) < 4.78 is 0. The molecule has 1 aliphatic carbocycles. The first-order valence-corrected chi connectivity index (χ1v) is 9.11. The summed E-state index contributed by atoms with van der Waals surface area (Å²) in [7, 11) is 0. The standard InChI is InChI=1S/C21H30N2/c1-4-5-15-21(3)16(2)20(22-17-11-7-6-8-12-17)23-19-14-10-9-13-18(19)21/h5-8,11-12,14-16,18,20,22-23H,4,9-10,13H2,1-3H3. The minimum Gasteiger partial charge on any atom is -0.368 e. The van der Waals surface area contributed by atoms with Crippen LogP contribution in [0.25, 0.3) is 0 Å². The topological polar surface area (TPSA) is 24.1 Å². The summed E-state index contributed by atoms with van der Waals surface area (Å²) in [4.78, 5) is 0. The lowest BCUT2D eigenvalue weighted by Gasteiger charge is -2.52. The van der Waals surface area contributed by atoms with E-state index in [1.165, 1.54) is 30.6 Å². The van der Waals surface area contributed by atoms with Crippen LogP contribution < -0.4 is 10.6 Å². The number of para-hydroxylation sites is 1. The normalized spacial score (nSPS) is 33.7. The van der Waals surface area contributed by atoms with Crippen LogP contribution in [0.3, 0.4) is 0 Å². The van der Waals surface area contributed by atoms with Crippen LogP contribution in [0, 0.1) is 17.3 Å². The average Bonchev–Trinajstić information content (AvgIpc) is 2.59. The molecule has 1 aromatic rings. The molecule has 0 spiro atoms. The molecule has 1 aliphatic heterocycles. The minimum atomic E-state index is 0.208. The second-order valence-corrected chi connectivity index (χ2v) is 7.24. The summed E-state index contributed by atoms with van der Waals surface area (Å²) in [6.45, 7) is 7.07. The van der Waals surface area contributed by atoms with Gasteiger partial charge in [-0.3, -0.25) is 0 Å². The van der Waals surface area contributed by atoms with E-state index in [1.807, 2.05) is 0 Å². The molecular formula is C21H30N2. The third-order valence-electron chi connectivity index (χ3n) is 5.80. The molecule has 4 atom stereocenters. The first kappa shape index (κ1) is 16.2. The second-order valence-electron chi connectivity index (χ2n) is 7.24. The van der Waals surface area contributed by atoms with Crippen molar-refractivity contribution in [2.75, 3.05) is 5.32 Å². The van der Waals surface area contributed by atoms with Crippen molar-refractivity contribution in [3.63, 3.8) is 0 Å². The Morgan fingerprint density at radius 3 is 2.83 bits per heavy atom. The number of allylic oxidation sites excluding steroid dienone is 4. The number of nitrogens with one attached hydrogen (secondary N) is 2. The predicted molar refractivity (Wildman–Crippen MR) is 99.1 cm³/mol. The summed E-state index contributed by atoms with van der Waals surface area (Å²) in [6.07, 6.45) is 12.5. The van der Waals surface area contributed by atoms with Crippen LogP contribution in [-0.2, 0) is 0 Å². The van der Waals surface area contributed by atoms with Gasteiger partial charge in [0.15, 0.2) is 0 Å². The van der Waals surface area contributed by atoms with Crippen LogP contribution in [0.4, 0.5) is 5.69 Å². The van der Waals surface area contributed by atoms with Crippen LogP contribution in [0.15, 0.2) is 54.3 Å². The highest BCUT2D eigenvalue weighted by Crippen LogP contribution is 2.49. The average molecular weight is 310 g/mol. The minimum absolute atomic E-state index is 0.208. The van der Waals surface area contributed by atoms with Gasteiger partial charge in [0.1, 0.15) is 0 Å². The van der Waals surface area contributed by atoms with Crippen molar-refractivity contribution in [3.8, 4) is 0 Å². The summed E-state index contributed by atoms with van der Waals surface area (Å²) in [5.74, 6) is 1.15. The van der Waals surface area contributed by atoms with Gasteiger partial charge in [-0.1, -0.05) is 57.2 Å². The van der Waals surface area contributed by atoms with E-state index in [0.29, 0.717) is 11.8 Å². The Balaban J connectivity index is 1.90. The Kier molecular flexibility index (Phi) is 4.79. The lowest BCUT2D eigenvalue weighted by molar-refractivity contribution is 0.105. The molecule has 4 unspecified atom stereocenters. The van der Waals surface area contributed by atoms with Crippen molar-refractivity contribution in [2.45, 2.75) is 52.6 Å². The zero-order valence-electron chi connectivity index (χ0n) is 14.7. The zero-order chi connectivity index (χ0) is 16.3. The van der Waals surface area contributed by atoms with Gasteiger partial charge < -0.3 is 10.6 Å². The highest BCUT2D eigenvalue weighted by Gasteiger charge is 2.47. The predicted octanol–water partition coefficient (Wildman–Crippen LogP) is 5.32. The number of hydrogen-bond donors (Lipinski definition) is 2. The highest BCUT2D eigenvalue weighted by molar-refractivity contribution is 5.44. The summed E-state index contributed by atoms with van der Waals surface area (Å²) in [5.41, 5.74) is 2.85. The smallest absolute Gasteiger partial charge is 0.0996 e. The van der Waals surface area contributed by atoms with Gasteiger partial charge in [-0.15, -0.1) is 0 Å². The lowest BCUT2D eigenvalue weighted by Crippen LogP contribution is -2.56. The number of fused-ring (bicyclic) bond motifs is 1. The number of benzene rings is 1. The van der Waals surface area contributed by atoms with Crippen LogP contribution in [0.5, 0.6) is 0 Å². The van der Waals surface area contributed by atoms with E-state index in [9.17, 15) is 0 Å². The van der Waals surface area contributed by atoms with E-state index >= 15 is 0 Å². The number of piperidine rings is 1. The molecule has 0 bridgehead atoms.